The van der Waals surface area contributed by atoms with Gasteiger partial charge in [-0.1, -0.05) is 0 Å². The number of hydrogen-bond acceptors (Lipinski definition) is 6. The summed E-state index contributed by atoms with van der Waals surface area (Å²) in [6, 6.07) is 1.93. The number of H-pyrrole nitrogens is 1. The summed E-state index contributed by atoms with van der Waals surface area (Å²) in [6.45, 7) is 5.30. The van der Waals surface area contributed by atoms with Gasteiger partial charge in [-0.3, -0.25) is 9.48 Å². The van der Waals surface area contributed by atoms with Gasteiger partial charge in [-0.05, 0) is 26.3 Å². The van der Waals surface area contributed by atoms with E-state index in [2.05, 4.69) is 30.4 Å². The van der Waals surface area contributed by atoms with Crippen LogP contribution >= 0.6 is 0 Å². The number of aromatic amines is 1. The molecular formula is C14H19N7O2. The molecule has 0 aliphatic rings. The highest BCUT2D eigenvalue weighted by atomic mass is 16.3. The van der Waals surface area contributed by atoms with Crippen molar-refractivity contribution < 1.29 is 9.90 Å². The molecule has 0 unspecified atom stereocenters. The lowest BCUT2D eigenvalue weighted by molar-refractivity contribution is -0.122. The summed E-state index contributed by atoms with van der Waals surface area (Å²) in [7, 11) is 0. The highest BCUT2D eigenvalue weighted by Gasteiger charge is 2.04. The smallest absolute Gasteiger partial charge is 0.290 e. The van der Waals surface area contributed by atoms with Crippen LogP contribution in [0.25, 0.3) is 11.0 Å². The molecule has 0 radical (unpaired) electrons. The molecule has 9 nitrogen and oxygen atoms in total. The van der Waals surface area contributed by atoms with Gasteiger partial charge in [0.2, 0.25) is 0 Å². The van der Waals surface area contributed by atoms with Gasteiger partial charge in [0.25, 0.3) is 6.47 Å². The molecule has 0 spiro atoms. The first-order valence-corrected chi connectivity index (χ1v) is 7.13. The molecule has 0 bridgehead atoms. The van der Waals surface area contributed by atoms with Gasteiger partial charge in [0.05, 0.1) is 5.52 Å². The molecule has 3 heterocycles. The van der Waals surface area contributed by atoms with Gasteiger partial charge in [0.15, 0.2) is 5.82 Å². The summed E-state index contributed by atoms with van der Waals surface area (Å²) in [4.78, 5) is 24.2. The molecule has 3 aromatic rings. The third-order valence-electron chi connectivity index (χ3n) is 3.15. The number of aromatic nitrogens is 6. The topological polar surface area (TPSA) is 122 Å². The minimum Gasteiger partial charge on any atom is -0.483 e. The summed E-state index contributed by atoms with van der Waals surface area (Å²) in [5.41, 5.74) is 1.87. The number of nitrogens with one attached hydrogen (secondary N) is 2. The second kappa shape index (κ2) is 7.87. The zero-order valence-electron chi connectivity index (χ0n) is 13.0. The minimum absolute atomic E-state index is 0.250. The van der Waals surface area contributed by atoms with Crippen LogP contribution < -0.4 is 5.32 Å². The second-order valence-corrected chi connectivity index (χ2v) is 4.78. The Morgan fingerprint density at radius 1 is 1.39 bits per heavy atom. The van der Waals surface area contributed by atoms with Gasteiger partial charge in [0, 0.05) is 19.3 Å². The molecule has 23 heavy (non-hydrogen) atoms. The van der Waals surface area contributed by atoms with Gasteiger partial charge in [-0.15, -0.1) is 0 Å². The Kier molecular flexibility index (Phi) is 5.61. The van der Waals surface area contributed by atoms with Crippen LogP contribution in [0.1, 0.15) is 18.1 Å². The maximum atomic E-state index is 8.36. The van der Waals surface area contributed by atoms with Gasteiger partial charge in [-0.2, -0.15) is 5.10 Å². The van der Waals surface area contributed by atoms with E-state index in [0.29, 0.717) is 0 Å². The molecule has 0 aliphatic heterocycles. The van der Waals surface area contributed by atoms with Crippen molar-refractivity contribution in [2.24, 2.45) is 0 Å². The zero-order valence-corrected chi connectivity index (χ0v) is 13.0. The predicted octanol–water partition coefficient (Wildman–Crippen LogP) is 1.37. The first-order valence-electron chi connectivity index (χ1n) is 7.13. The molecule has 0 atom stereocenters. The van der Waals surface area contributed by atoms with E-state index in [-0.39, 0.29) is 6.47 Å². The van der Waals surface area contributed by atoms with Gasteiger partial charge >= 0.3 is 0 Å². The number of fused-ring (bicyclic) bond motifs is 1. The fraction of sp³-hybridized carbons (Fsp3) is 0.357. The number of aryl methyl sites for hydroxylation is 3. The molecule has 0 aliphatic carbocycles. The van der Waals surface area contributed by atoms with Crippen LogP contribution in [-0.2, 0) is 11.3 Å². The van der Waals surface area contributed by atoms with Crippen LogP contribution in [0.15, 0.2) is 18.6 Å². The van der Waals surface area contributed by atoms with E-state index in [1.165, 1.54) is 0 Å². The van der Waals surface area contributed by atoms with E-state index in [1.807, 2.05) is 30.8 Å². The maximum Gasteiger partial charge on any atom is 0.290 e. The first-order chi connectivity index (χ1) is 11.2. The highest BCUT2D eigenvalue weighted by Crippen LogP contribution is 2.16. The summed E-state index contributed by atoms with van der Waals surface area (Å²) >= 11 is 0. The number of carbonyl (C=O) groups is 1. The first kappa shape index (κ1) is 16.4. The molecular weight excluding hydrogens is 298 g/mol. The van der Waals surface area contributed by atoms with E-state index in [0.717, 1.165) is 48.0 Å². The number of carboxylic acid groups (broad SMARTS) is 1. The Bertz CT molecular complexity index is 765. The molecule has 0 saturated carbocycles. The van der Waals surface area contributed by atoms with Gasteiger partial charge < -0.3 is 15.4 Å². The highest BCUT2D eigenvalue weighted by molar-refractivity contribution is 5.85. The van der Waals surface area contributed by atoms with Gasteiger partial charge in [-0.25, -0.2) is 15.0 Å². The van der Waals surface area contributed by atoms with E-state index < -0.39 is 0 Å². The van der Waals surface area contributed by atoms with Crippen LogP contribution in [0, 0.1) is 13.8 Å². The third kappa shape index (κ3) is 4.25. The number of hydrogen-bond donors (Lipinski definition) is 3. The Hall–Kier alpha value is -2.97. The van der Waals surface area contributed by atoms with Crippen LogP contribution in [0.5, 0.6) is 0 Å². The van der Waals surface area contributed by atoms with E-state index in [1.54, 1.807) is 6.33 Å². The summed E-state index contributed by atoms with van der Waals surface area (Å²) < 4.78 is 1.93. The standard InChI is InChI=1S/C13H17N7.CH2O2/c1-9-18-10(2)20(19-9)7-3-5-15-13-12-11(4-6-14-12)16-8-17-13;2-1-3/h4,6,8,14H,3,5,7H2,1-2H3,(H,15,16,17);1H,(H,2,3). The fourth-order valence-electron chi connectivity index (χ4n) is 2.21. The van der Waals surface area contributed by atoms with Crippen molar-refractivity contribution in [3.63, 3.8) is 0 Å². The summed E-state index contributed by atoms with van der Waals surface area (Å²) in [6.07, 6.45) is 4.39. The predicted molar refractivity (Wildman–Crippen MR) is 85.2 cm³/mol. The molecule has 3 aromatic heterocycles. The van der Waals surface area contributed by atoms with Crippen molar-refractivity contribution in [2.45, 2.75) is 26.8 Å². The Morgan fingerprint density at radius 3 is 2.87 bits per heavy atom. The summed E-state index contributed by atoms with van der Waals surface area (Å²) in [5, 5.41) is 14.6. The molecule has 0 amide bonds. The van der Waals surface area contributed by atoms with Crippen molar-refractivity contribution in [2.75, 3.05) is 11.9 Å². The largest absolute Gasteiger partial charge is 0.483 e. The molecule has 0 fully saturated rings. The molecule has 3 rings (SSSR count). The number of anilines is 1. The van der Waals surface area contributed by atoms with Crippen molar-refractivity contribution in [1.82, 2.24) is 29.7 Å². The Labute approximate surface area is 132 Å². The van der Waals surface area contributed by atoms with Crippen molar-refractivity contribution in [1.29, 1.82) is 0 Å². The normalized spacial score (nSPS) is 10.2. The van der Waals surface area contributed by atoms with Crippen LogP contribution in [0.4, 0.5) is 5.82 Å². The molecule has 9 heteroatoms. The Morgan fingerprint density at radius 2 is 2.17 bits per heavy atom. The van der Waals surface area contributed by atoms with Crippen molar-refractivity contribution in [3.05, 3.63) is 30.2 Å². The van der Waals surface area contributed by atoms with Gasteiger partial charge in [0.1, 0.15) is 23.5 Å². The number of nitrogens with zero attached hydrogens (tertiary/aromatic N) is 5. The van der Waals surface area contributed by atoms with E-state index in [4.69, 9.17) is 9.90 Å². The lowest BCUT2D eigenvalue weighted by Crippen LogP contribution is -2.10. The minimum atomic E-state index is -0.250. The Balaban J connectivity index is 0.000000595. The quantitative estimate of drug-likeness (QED) is 0.480. The average molecular weight is 317 g/mol. The fourth-order valence-corrected chi connectivity index (χ4v) is 2.21. The third-order valence-corrected chi connectivity index (χ3v) is 3.15. The van der Waals surface area contributed by atoms with Crippen LogP contribution in [0.2, 0.25) is 0 Å². The van der Waals surface area contributed by atoms with E-state index in [9.17, 15) is 0 Å². The number of rotatable bonds is 5. The average Bonchev–Trinajstić information content (AvgIpc) is 3.11. The van der Waals surface area contributed by atoms with Crippen LogP contribution in [0.3, 0.4) is 0 Å². The molecule has 0 aromatic carbocycles. The molecule has 0 saturated heterocycles. The lowest BCUT2D eigenvalue weighted by atomic mass is 10.4. The van der Waals surface area contributed by atoms with Crippen LogP contribution in [-0.4, -0.2) is 47.8 Å². The monoisotopic (exact) mass is 317 g/mol. The SMILES string of the molecule is Cc1nc(C)n(CCCNc2ncnc3cc[nH]c23)n1.O=CO. The second-order valence-electron chi connectivity index (χ2n) is 4.78. The van der Waals surface area contributed by atoms with E-state index >= 15 is 0 Å². The van der Waals surface area contributed by atoms with Crippen molar-refractivity contribution >= 4 is 23.3 Å². The van der Waals surface area contributed by atoms with Crippen molar-refractivity contribution in [3.8, 4) is 0 Å². The lowest BCUT2D eigenvalue weighted by Gasteiger charge is -2.07. The molecule has 122 valence electrons. The summed E-state index contributed by atoms with van der Waals surface area (Å²) in [5.74, 6) is 2.61. The molecule has 3 N–H and O–H groups in total. The maximum absolute atomic E-state index is 8.36. The zero-order chi connectivity index (χ0) is 16.7.